The lowest BCUT2D eigenvalue weighted by atomic mass is 9.93. The SMILES string of the molecule is C=Cc1cccc(C(=O)c2c(C)n(CCNc3ccc(O)c(C(=O)O)c3)c3ccccc23)c1C=C. The predicted molar refractivity (Wildman–Crippen MR) is 140 cm³/mol. The summed E-state index contributed by atoms with van der Waals surface area (Å²) in [5.41, 5.74) is 5.03. The molecule has 0 spiro atoms. The van der Waals surface area contributed by atoms with Gasteiger partial charge in [-0.2, -0.15) is 0 Å². The lowest BCUT2D eigenvalue weighted by Crippen LogP contribution is -2.13. The first kappa shape index (κ1) is 23.6. The monoisotopic (exact) mass is 466 g/mol. The van der Waals surface area contributed by atoms with Gasteiger partial charge in [0.05, 0.1) is 5.56 Å². The maximum atomic E-state index is 13.8. The Morgan fingerprint density at radius 3 is 2.49 bits per heavy atom. The van der Waals surface area contributed by atoms with Gasteiger partial charge < -0.3 is 20.1 Å². The number of ketones is 1. The number of carboxylic acids is 1. The summed E-state index contributed by atoms with van der Waals surface area (Å²) < 4.78 is 2.08. The molecule has 6 nitrogen and oxygen atoms in total. The summed E-state index contributed by atoms with van der Waals surface area (Å²) in [6, 6.07) is 17.7. The van der Waals surface area contributed by atoms with E-state index in [2.05, 4.69) is 23.0 Å². The molecule has 1 aromatic heterocycles. The van der Waals surface area contributed by atoms with Crippen LogP contribution in [0.15, 0.2) is 73.8 Å². The predicted octanol–water partition coefficient (Wildman–Crippen LogP) is 5.98. The molecule has 176 valence electrons. The molecule has 1 heterocycles. The molecule has 4 aromatic rings. The molecule has 0 fully saturated rings. The highest BCUT2D eigenvalue weighted by atomic mass is 16.4. The van der Waals surface area contributed by atoms with Crippen molar-refractivity contribution in [3.05, 3.63) is 107 Å². The molecule has 0 aliphatic rings. The van der Waals surface area contributed by atoms with E-state index in [9.17, 15) is 19.8 Å². The average Bonchev–Trinajstić information content (AvgIpc) is 3.14. The van der Waals surface area contributed by atoms with Crippen LogP contribution in [-0.4, -0.2) is 33.1 Å². The number of anilines is 1. The molecule has 0 bridgehead atoms. The van der Waals surface area contributed by atoms with Crippen LogP contribution in [0.2, 0.25) is 0 Å². The minimum atomic E-state index is -1.19. The molecule has 0 aliphatic heterocycles. The summed E-state index contributed by atoms with van der Waals surface area (Å²) in [4.78, 5) is 25.1. The highest BCUT2D eigenvalue weighted by Gasteiger charge is 2.23. The molecule has 4 rings (SSSR count). The number of carbonyl (C=O) groups is 2. The molecule has 35 heavy (non-hydrogen) atoms. The van der Waals surface area contributed by atoms with Gasteiger partial charge in [-0.3, -0.25) is 4.79 Å². The normalized spacial score (nSPS) is 10.8. The number of rotatable bonds is 9. The van der Waals surface area contributed by atoms with Crippen LogP contribution < -0.4 is 5.32 Å². The van der Waals surface area contributed by atoms with Crippen molar-refractivity contribution in [1.29, 1.82) is 0 Å². The fraction of sp³-hybridized carbons (Fsp3) is 0.103. The molecule has 3 N–H and O–H groups in total. The fourth-order valence-corrected chi connectivity index (χ4v) is 4.46. The van der Waals surface area contributed by atoms with Crippen molar-refractivity contribution in [3.63, 3.8) is 0 Å². The van der Waals surface area contributed by atoms with Gasteiger partial charge in [0.15, 0.2) is 5.78 Å². The molecular formula is C29H26N2O4. The van der Waals surface area contributed by atoms with E-state index in [-0.39, 0.29) is 17.1 Å². The Labute approximate surface area is 203 Å². The number of carboxylic acid groups (broad SMARTS) is 1. The Balaban J connectivity index is 1.68. The average molecular weight is 467 g/mol. The topological polar surface area (TPSA) is 91.6 Å². The van der Waals surface area contributed by atoms with Crippen molar-refractivity contribution in [2.75, 3.05) is 11.9 Å². The minimum Gasteiger partial charge on any atom is -0.507 e. The first-order valence-electron chi connectivity index (χ1n) is 11.2. The summed E-state index contributed by atoms with van der Waals surface area (Å²) in [6.07, 6.45) is 3.40. The number of fused-ring (bicyclic) bond motifs is 1. The molecule has 0 saturated heterocycles. The van der Waals surface area contributed by atoms with E-state index in [0.717, 1.165) is 27.7 Å². The maximum absolute atomic E-state index is 13.8. The minimum absolute atomic E-state index is 0.0753. The van der Waals surface area contributed by atoms with E-state index in [1.807, 2.05) is 49.4 Å². The van der Waals surface area contributed by atoms with Gasteiger partial charge in [-0.1, -0.05) is 61.7 Å². The van der Waals surface area contributed by atoms with Crippen LogP contribution in [0.3, 0.4) is 0 Å². The van der Waals surface area contributed by atoms with E-state index in [0.29, 0.717) is 29.9 Å². The van der Waals surface area contributed by atoms with Crippen LogP contribution in [0, 0.1) is 6.92 Å². The van der Waals surface area contributed by atoms with Gasteiger partial charge in [-0.05, 0) is 42.3 Å². The smallest absolute Gasteiger partial charge is 0.339 e. The molecule has 0 unspecified atom stereocenters. The van der Waals surface area contributed by atoms with Gasteiger partial charge in [0.2, 0.25) is 0 Å². The van der Waals surface area contributed by atoms with Crippen molar-refractivity contribution in [1.82, 2.24) is 4.57 Å². The summed E-state index contributed by atoms with van der Waals surface area (Å²) in [5.74, 6) is -1.55. The van der Waals surface area contributed by atoms with Gasteiger partial charge in [-0.25, -0.2) is 4.79 Å². The van der Waals surface area contributed by atoms with E-state index < -0.39 is 5.97 Å². The van der Waals surface area contributed by atoms with Crippen LogP contribution in [0.4, 0.5) is 5.69 Å². The Morgan fingerprint density at radius 2 is 1.77 bits per heavy atom. The van der Waals surface area contributed by atoms with E-state index in [4.69, 9.17) is 0 Å². The lowest BCUT2D eigenvalue weighted by molar-refractivity contribution is 0.0693. The third-order valence-corrected chi connectivity index (χ3v) is 6.16. The van der Waals surface area contributed by atoms with Gasteiger partial charge in [0, 0.05) is 40.9 Å². The molecule has 0 amide bonds. The summed E-state index contributed by atoms with van der Waals surface area (Å²) in [7, 11) is 0. The quantitative estimate of drug-likeness (QED) is 0.208. The zero-order valence-corrected chi connectivity index (χ0v) is 19.4. The van der Waals surface area contributed by atoms with Crippen molar-refractivity contribution in [3.8, 4) is 5.75 Å². The van der Waals surface area contributed by atoms with Crippen molar-refractivity contribution in [2.24, 2.45) is 0 Å². The molecule has 0 saturated carbocycles. The Hall–Kier alpha value is -4.58. The summed E-state index contributed by atoms with van der Waals surface area (Å²) in [5, 5.41) is 23.0. The fourth-order valence-electron chi connectivity index (χ4n) is 4.46. The Bertz CT molecular complexity index is 1480. The maximum Gasteiger partial charge on any atom is 0.339 e. The number of aromatic nitrogens is 1. The number of aromatic carboxylic acids is 1. The second-order valence-corrected chi connectivity index (χ2v) is 8.14. The standard InChI is InChI=1S/C29H26N2O4/c1-4-19-9-8-11-22(21(19)5-2)28(33)27-18(3)31(25-12-7-6-10-23(25)27)16-15-30-20-13-14-26(32)24(17-20)29(34)35/h4-14,17,30,32H,1-2,15-16H2,3H3,(H,34,35). The van der Waals surface area contributed by atoms with Crippen LogP contribution in [-0.2, 0) is 6.54 Å². The van der Waals surface area contributed by atoms with E-state index in [1.54, 1.807) is 18.2 Å². The van der Waals surface area contributed by atoms with E-state index >= 15 is 0 Å². The number of hydrogen-bond acceptors (Lipinski definition) is 4. The van der Waals surface area contributed by atoms with Crippen LogP contribution in [0.25, 0.3) is 23.1 Å². The number of carbonyl (C=O) groups excluding carboxylic acids is 1. The van der Waals surface area contributed by atoms with E-state index in [1.165, 1.54) is 12.1 Å². The molecule has 6 heteroatoms. The largest absolute Gasteiger partial charge is 0.507 e. The molecule has 0 atom stereocenters. The lowest BCUT2D eigenvalue weighted by Gasteiger charge is -2.12. The number of nitrogens with zero attached hydrogens (tertiary/aromatic N) is 1. The highest BCUT2D eigenvalue weighted by molar-refractivity contribution is 6.19. The second-order valence-electron chi connectivity index (χ2n) is 8.14. The van der Waals surface area contributed by atoms with Gasteiger partial charge in [0.1, 0.15) is 11.3 Å². The van der Waals surface area contributed by atoms with Crippen molar-refractivity contribution < 1.29 is 19.8 Å². The zero-order chi connectivity index (χ0) is 25.1. The van der Waals surface area contributed by atoms with Gasteiger partial charge >= 0.3 is 5.97 Å². The van der Waals surface area contributed by atoms with Gasteiger partial charge in [0.25, 0.3) is 0 Å². The molecule has 0 aliphatic carbocycles. The number of nitrogens with one attached hydrogen (secondary N) is 1. The second kappa shape index (κ2) is 9.73. The van der Waals surface area contributed by atoms with Gasteiger partial charge in [-0.15, -0.1) is 0 Å². The van der Waals surface area contributed by atoms with Crippen molar-refractivity contribution in [2.45, 2.75) is 13.5 Å². The number of phenols is 1. The Morgan fingerprint density at radius 1 is 1.00 bits per heavy atom. The van der Waals surface area contributed by atoms with Crippen LogP contribution in [0.1, 0.15) is 43.1 Å². The van der Waals surface area contributed by atoms with Crippen LogP contribution >= 0.6 is 0 Å². The number of para-hydroxylation sites is 1. The third kappa shape index (κ3) is 4.34. The number of benzene rings is 3. The first-order valence-corrected chi connectivity index (χ1v) is 11.2. The zero-order valence-electron chi connectivity index (χ0n) is 19.4. The number of hydrogen-bond donors (Lipinski definition) is 3. The Kier molecular flexibility index (Phi) is 6.55. The molecule has 3 aromatic carbocycles. The summed E-state index contributed by atoms with van der Waals surface area (Å²) in [6.45, 7) is 10.7. The first-order chi connectivity index (χ1) is 16.9. The molecular weight excluding hydrogens is 440 g/mol. The summed E-state index contributed by atoms with van der Waals surface area (Å²) >= 11 is 0. The van der Waals surface area contributed by atoms with Crippen LogP contribution in [0.5, 0.6) is 5.75 Å². The third-order valence-electron chi connectivity index (χ3n) is 6.16. The number of aromatic hydroxyl groups is 1. The highest BCUT2D eigenvalue weighted by Crippen LogP contribution is 2.30. The molecule has 0 radical (unpaired) electrons. The van der Waals surface area contributed by atoms with Crippen molar-refractivity contribution >= 4 is 40.5 Å².